The van der Waals surface area contributed by atoms with E-state index in [2.05, 4.69) is 35.6 Å². The summed E-state index contributed by atoms with van der Waals surface area (Å²) in [5, 5.41) is 14.2. The summed E-state index contributed by atoms with van der Waals surface area (Å²) in [6.07, 6.45) is 7.60. The molecule has 1 atom stereocenters. The van der Waals surface area contributed by atoms with Crippen LogP contribution >= 0.6 is 11.6 Å². The van der Waals surface area contributed by atoms with Crippen molar-refractivity contribution >= 4 is 29.9 Å². The Kier molecular flexibility index (Phi) is 9.60. The molecule has 23 heavy (non-hydrogen) atoms. The van der Waals surface area contributed by atoms with Gasteiger partial charge in [0.25, 0.3) is 0 Å². The van der Waals surface area contributed by atoms with E-state index in [0.29, 0.717) is 6.04 Å². The van der Waals surface area contributed by atoms with Gasteiger partial charge in [0.05, 0.1) is 12.0 Å². The summed E-state index contributed by atoms with van der Waals surface area (Å²) in [7, 11) is 0. The number of pyridine rings is 1. The number of halogens is 1. The molecule has 1 aromatic heterocycles. The van der Waals surface area contributed by atoms with E-state index in [1.165, 1.54) is 5.54 Å². The third-order valence-corrected chi connectivity index (χ3v) is 3.93. The summed E-state index contributed by atoms with van der Waals surface area (Å²) in [5.41, 5.74) is 2.50. The maximum atomic E-state index is 9.01. The predicted octanol–water partition coefficient (Wildman–Crippen LogP) is 1.92. The number of hydrogen-bond donors (Lipinski definition) is 2. The smallest absolute Gasteiger partial charge is 0.0651 e. The van der Waals surface area contributed by atoms with Crippen molar-refractivity contribution in [2.24, 2.45) is 0 Å². The van der Waals surface area contributed by atoms with Gasteiger partial charge in [-0.1, -0.05) is 31.2 Å². The molecule has 0 bridgehead atoms. The molecule has 0 aromatic carbocycles. The van der Waals surface area contributed by atoms with Crippen molar-refractivity contribution in [2.45, 2.75) is 32.7 Å². The lowest BCUT2D eigenvalue weighted by Crippen LogP contribution is -2.32. The molecule has 0 amide bonds. The van der Waals surface area contributed by atoms with Crippen LogP contribution < -0.4 is 15.9 Å². The molecule has 0 spiro atoms. The average molecular weight is 338 g/mol. The van der Waals surface area contributed by atoms with E-state index in [1.807, 2.05) is 12.1 Å². The van der Waals surface area contributed by atoms with E-state index in [0.717, 1.165) is 48.7 Å². The molecular formula is C18H28ClN3O. The van der Waals surface area contributed by atoms with Crippen molar-refractivity contribution in [3.8, 4) is 0 Å². The molecule has 0 saturated heterocycles. The first-order valence-corrected chi connectivity index (χ1v) is 8.56. The minimum Gasteiger partial charge on any atom is -0.395 e. The van der Waals surface area contributed by atoms with Crippen LogP contribution in [-0.4, -0.2) is 47.3 Å². The Labute approximate surface area is 144 Å². The molecule has 0 radical (unpaired) electrons. The van der Waals surface area contributed by atoms with Crippen LogP contribution in [0.2, 0.25) is 0 Å². The third kappa shape index (κ3) is 7.16. The first kappa shape index (κ1) is 19.7. The second-order valence-electron chi connectivity index (χ2n) is 5.55. The number of nitrogens with zero attached hydrogens (tertiary/aromatic N) is 2. The Morgan fingerprint density at radius 1 is 1.48 bits per heavy atom. The zero-order chi connectivity index (χ0) is 17.1. The lowest BCUT2D eigenvalue weighted by Gasteiger charge is -2.21. The molecule has 1 aromatic rings. The number of aromatic nitrogens is 1. The molecule has 128 valence electrons. The van der Waals surface area contributed by atoms with Crippen molar-refractivity contribution < 1.29 is 5.11 Å². The highest BCUT2D eigenvalue weighted by Crippen LogP contribution is 2.06. The Bertz CT molecular complexity index is 588. The zero-order valence-corrected chi connectivity index (χ0v) is 14.9. The fourth-order valence-corrected chi connectivity index (χ4v) is 2.56. The van der Waals surface area contributed by atoms with E-state index in [-0.39, 0.29) is 6.61 Å². The molecule has 4 nitrogen and oxygen atoms in total. The van der Waals surface area contributed by atoms with Gasteiger partial charge in [-0.05, 0) is 45.0 Å². The Hall–Kier alpha value is -1.36. The topological polar surface area (TPSA) is 48.4 Å². The van der Waals surface area contributed by atoms with Crippen LogP contribution in [0.5, 0.6) is 0 Å². The number of aliphatic hydroxyl groups is 1. The maximum Gasteiger partial charge on any atom is 0.0651 e. The lowest BCUT2D eigenvalue weighted by molar-refractivity contribution is 0.199. The van der Waals surface area contributed by atoms with Crippen LogP contribution in [0, 0.1) is 0 Å². The van der Waals surface area contributed by atoms with Crippen molar-refractivity contribution in [1.82, 2.24) is 9.88 Å². The minimum atomic E-state index is 0.220. The number of aliphatic hydroxyl groups excluding tert-OH is 1. The summed E-state index contributed by atoms with van der Waals surface area (Å²) in [4.78, 5) is 6.49. The number of allylic oxidation sites excluding steroid dienone is 1. The van der Waals surface area contributed by atoms with Crippen LogP contribution in [0.4, 0.5) is 5.69 Å². The van der Waals surface area contributed by atoms with Crippen LogP contribution in [0.15, 0.2) is 23.9 Å². The molecule has 0 aliphatic carbocycles. The first-order chi connectivity index (χ1) is 11.1. The van der Waals surface area contributed by atoms with Gasteiger partial charge in [0.15, 0.2) is 0 Å². The Balaban J connectivity index is 2.63. The molecular weight excluding hydrogens is 310 g/mol. The molecule has 0 aliphatic heterocycles. The lowest BCUT2D eigenvalue weighted by atomic mass is 10.1. The molecule has 1 unspecified atom stereocenters. The van der Waals surface area contributed by atoms with Crippen LogP contribution in [-0.2, 0) is 0 Å². The second-order valence-corrected chi connectivity index (χ2v) is 5.80. The van der Waals surface area contributed by atoms with Crippen LogP contribution in [0.1, 0.15) is 26.7 Å². The summed E-state index contributed by atoms with van der Waals surface area (Å²) >= 11 is 5.60. The monoisotopic (exact) mass is 337 g/mol. The predicted molar refractivity (Wildman–Crippen MR) is 100.0 cm³/mol. The Morgan fingerprint density at radius 2 is 2.26 bits per heavy atom. The van der Waals surface area contributed by atoms with Crippen molar-refractivity contribution in [2.75, 3.05) is 31.6 Å². The summed E-state index contributed by atoms with van der Waals surface area (Å²) in [6, 6.07) is 2.31. The van der Waals surface area contributed by atoms with Gasteiger partial charge in [-0.25, -0.2) is 0 Å². The fourth-order valence-electron chi connectivity index (χ4n) is 2.49. The van der Waals surface area contributed by atoms with Gasteiger partial charge in [0.2, 0.25) is 0 Å². The van der Waals surface area contributed by atoms with E-state index in [4.69, 9.17) is 16.7 Å². The molecule has 1 rings (SSSR count). The minimum absolute atomic E-state index is 0.220. The standard InChI is InChI=1S/C18H28ClN3O/c1-4-22(13-14-23)12-6-7-15(2)21-18-9-11-20-16(3)17(18)8-5-10-19/h5,8-11,15,21,23H,3-4,6-7,12-14H2,1-2H3/b10-5+,17-8+. The van der Waals surface area contributed by atoms with Gasteiger partial charge in [0.1, 0.15) is 0 Å². The number of hydrogen-bond acceptors (Lipinski definition) is 4. The highest BCUT2D eigenvalue weighted by molar-refractivity contribution is 6.25. The Morgan fingerprint density at radius 3 is 2.91 bits per heavy atom. The number of nitrogens with one attached hydrogen (secondary N) is 1. The largest absolute Gasteiger partial charge is 0.395 e. The van der Waals surface area contributed by atoms with Crippen molar-refractivity contribution in [1.29, 1.82) is 0 Å². The highest BCUT2D eigenvalue weighted by Gasteiger charge is 2.06. The quantitative estimate of drug-likeness (QED) is 0.685. The van der Waals surface area contributed by atoms with E-state index >= 15 is 0 Å². The number of anilines is 1. The molecule has 0 aliphatic rings. The first-order valence-electron chi connectivity index (χ1n) is 8.13. The van der Waals surface area contributed by atoms with Crippen LogP contribution in [0.3, 0.4) is 0 Å². The highest BCUT2D eigenvalue weighted by atomic mass is 35.5. The van der Waals surface area contributed by atoms with Crippen molar-refractivity contribution in [3.05, 3.63) is 34.4 Å². The average Bonchev–Trinajstić information content (AvgIpc) is 2.53. The summed E-state index contributed by atoms with van der Waals surface area (Å²) < 4.78 is 0. The molecule has 1 heterocycles. The summed E-state index contributed by atoms with van der Waals surface area (Å²) in [6.45, 7) is 11.2. The van der Waals surface area contributed by atoms with E-state index in [9.17, 15) is 0 Å². The fraction of sp³-hybridized carbons (Fsp3) is 0.500. The van der Waals surface area contributed by atoms with Gasteiger partial charge in [0, 0.05) is 35.2 Å². The zero-order valence-electron chi connectivity index (χ0n) is 14.1. The maximum absolute atomic E-state index is 9.01. The number of rotatable bonds is 10. The summed E-state index contributed by atoms with van der Waals surface area (Å²) in [5.74, 6) is 0. The third-order valence-electron chi connectivity index (χ3n) is 3.79. The van der Waals surface area contributed by atoms with Crippen LogP contribution in [0.25, 0.3) is 12.7 Å². The van der Waals surface area contributed by atoms with Gasteiger partial charge >= 0.3 is 0 Å². The number of likely N-dealkylation sites (N-methyl/N-ethyl adjacent to an activating group) is 1. The van der Waals surface area contributed by atoms with Gasteiger partial charge in [-0.15, -0.1) is 0 Å². The van der Waals surface area contributed by atoms with Gasteiger partial charge < -0.3 is 15.3 Å². The molecule has 0 fully saturated rings. The van der Waals surface area contributed by atoms with Gasteiger partial charge in [-0.3, -0.25) is 4.98 Å². The van der Waals surface area contributed by atoms with Gasteiger partial charge in [-0.2, -0.15) is 0 Å². The second kappa shape index (κ2) is 11.2. The molecule has 0 saturated carbocycles. The van der Waals surface area contributed by atoms with E-state index in [1.54, 1.807) is 12.3 Å². The molecule has 2 N–H and O–H groups in total. The SMILES string of the molecule is C=c1nccc(NC(C)CCCN(CC)CCO)/c1=C/C=C/Cl. The molecule has 5 heteroatoms. The van der Waals surface area contributed by atoms with E-state index < -0.39 is 0 Å². The van der Waals surface area contributed by atoms with Crippen molar-refractivity contribution in [3.63, 3.8) is 0 Å². The normalized spacial score (nSPS) is 13.9.